The van der Waals surface area contributed by atoms with Gasteiger partial charge in [-0.2, -0.15) is 10.2 Å². The Kier molecular flexibility index (Phi) is 6.31. The lowest BCUT2D eigenvalue weighted by atomic mass is 9.91. The van der Waals surface area contributed by atoms with Crippen LogP contribution in [0.4, 0.5) is 13.2 Å². The molecule has 0 bridgehead atoms. The highest BCUT2D eigenvalue weighted by atomic mass is 79.9. The van der Waals surface area contributed by atoms with Crippen molar-refractivity contribution in [2.75, 3.05) is 6.61 Å². The predicted molar refractivity (Wildman–Crippen MR) is 128 cm³/mol. The normalized spacial score (nSPS) is 27.0. The first-order valence-electron chi connectivity index (χ1n) is 11.6. The standard InChI is InChI=1S/C24H20BrF3N6O4/c1-10-31-24(34(32-10)14-4-13(25)6-29-7-14)23-20(36)19(22-21(38-23)17(35)9-37-22)33-8-12(5-30-33)11-2-15(26)18(28)16(27)3-11/h2-8,17,19-23,35-36H,9H2,1H3/t17?,19?,20?,21?,22-,23-/m1/s1. The van der Waals surface area contributed by atoms with E-state index in [9.17, 15) is 23.4 Å². The second-order valence-corrected chi connectivity index (χ2v) is 10.0. The molecule has 38 heavy (non-hydrogen) atoms. The maximum Gasteiger partial charge on any atom is 0.194 e. The molecule has 2 fully saturated rings. The summed E-state index contributed by atoms with van der Waals surface area (Å²) < 4.78 is 56.7. The highest BCUT2D eigenvalue weighted by Crippen LogP contribution is 2.43. The van der Waals surface area contributed by atoms with Gasteiger partial charge in [0.15, 0.2) is 23.3 Å². The SMILES string of the molecule is Cc1nc([C@@H]2OC3C(O)CO[C@@H]3C(n3cc(-c4cc(F)c(F)c(F)c4)cn3)C2O)n(-c2cncc(Br)c2)n1. The third-order valence-corrected chi connectivity index (χ3v) is 7.05. The molecule has 10 nitrogen and oxygen atoms in total. The average molecular weight is 593 g/mol. The van der Waals surface area contributed by atoms with Crippen LogP contribution in [0, 0.1) is 24.4 Å². The van der Waals surface area contributed by atoms with Crippen molar-refractivity contribution in [1.82, 2.24) is 29.5 Å². The van der Waals surface area contributed by atoms with Gasteiger partial charge in [-0.3, -0.25) is 9.67 Å². The van der Waals surface area contributed by atoms with Crippen molar-refractivity contribution in [2.24, 2.45) is 0 Å². The van der Waals surface area contributed by atoms with Crippen LogP contribution >= 0.6 is 15.9 Å². The highest BCUT2D eigenvalue weighted by Gasteiger charge is 2.54. The molecule has 6 rings (SSSR count). The van der Waals surface area contributed by atoms with Crippen molar-refractivity contribution in [3.8, 4) is 16.8 Å². The van der Waals surface area contributed by atoms with E-state index in [-0.39, 0.29) is 23.6 Å². The zero-order valence-electron chi connectivity index (χ0n) is 19.6. The van der Waals surface area contributed by atoms with E-state index >= 15 is 0 Å². The highest BCUT2D eigenvalue weighted by molar-refractivity contribution is 9.10. The Bertz CT molecular complexity index is 1490. The molecule has 198 valence electrons. The maximum absolute atomic E-state index is 13.8. The number of hydrogen-bond acceptors (Lipinski definition) is 8. The molecule has 0 saturated carbocycles. The van der Waals surface area contributed by atoms with Crippen LogP contribution < -0.4 is 0 Å². The van der Waals surface area contributed by atoms with E-state index in [0.29, 0.717) is 16.0 Å². The van der Waals surface area contributed by atoms with Gasteiger partial charge in [0.05, 0.1) is 24.7 Å². The van der Waals surface area contributed by atoms with Gasteiger partial charge in [-0.25, -0.2) is 22.8 Å². The van der Waals surface area contributed by atoms with Crippen molar-refractivity contribution in [3.05, 3.63) is 76.6 Å². The van der Waals surface area contributed by atoms with E-state index in [1.54, 1.807) is 25.4 Å². The van der Waals surface area contributed by atoms with Crippen LogP contribution in [0.5, 0.6) is 0 Å². The number of aliphatic hydroxyl groups is 2. The van der Waals surface area contributed by atoms with E-state index in [4.69, 9.17) is 9.47 Å². The van der Waals surface area contributed by atoms with Gasteiger partial charge in [-0.1, -0.05) is 0 Å². The monoisotopic (exact) mass is 592 g/mol. The Morgan fingerprint density at radius 1 is 1.03 bits per heavy atom. The molecule has 2 saturated heterocycles. The van der Waals surface area contributed by atoms with Crippen LogP contribution in [0.25, 0.3) is 16.8 Å². The summed E-state index contributed by atoms with van der Waals surface area (Å²) in [6.45, 7) is 1.66. The molecule has 0 spiro atoms. The van der Waals surface area contributed by atoms with Gasteiger partial charge in [-0.15, -0.1) is 0 Å². The lowest BCUT2D eigenvalue weighted by Crippen LogP contribution is -2.52. The summed E-state index contributed by atoms with van der Waals surface area (Å²) in [6, 6.07) is 2.61. The van der Waals surface area contributed by atoms with Crippen LogP contribution in [-0.4, -0.2) is 70.8 Å². The topological polar surface area (TPSA) is 120 Å². The summed E-state index contributed by atoms with van der Waals surface area (Å²) in [7, 11) is 0. The number of benzene rings is 1. The predicted octanol–water partition coefficient (Wildman–Crippen LogP) is 2.82. The van der Waals surface area contributed by atoms with Crippen molar-refractivity contribution in [1.29, 1.82) is 0 Å². The summed E-state index contributed by atoms with van der Waals surface area (Å²) in [6.07, 6.45) is 1.00. The molecule has 14 heteroatoms. The molecule has 2 aliphatic rings. The number of aryl methyl sites for hydroxylation is 1. The first-order chi connectivity index (χ1) is 18.2. The number of aromatic nitrogens is 6. The van der Waals surface area contributed by atoms with Crippen molar-refractivity contribution < 1.29 is 32.9 Å². The molecule has 1 aromatic carbocycles. The Hall–Kier alpha value is -3.17. The number of halogens is 4. The van der Waals surface area contributed by atoms with Crippen LogP contribution in [0.1, 0.15) is 23.8 Å². The molecule has 0 radical (unpaired) electrons. The minimum Gasteiger partial charge on any atom is -0.388 e. The average Bonchev–Trinajstić information content (AvgIpc) is 3.61. The number of rotatable bonds is 4. The Morgan fingerprint density at radius 3 is 2.53 bits per heavy atom. The number of pyridine rings is 1. The van der Waals surface area contributed by atoms with Crippen molar-refractivity contribution in [2.45, 2.75) is 43.5 Å². The summed E-state index contributed by atoms with van der Waals surface area (Å²) in [4.78, 5) is 8.65. The van der Waals surface area contributed by atoms with Crippen LogP contribution in [0.3, 0.4) is 0 Å². The van der Waals surface area contributed by atoms with Gasteiger partial charge < -0.3 is 19.7 Å². The van der Waals surface area contributed by atoms with Gasteiger partial charge in [0.2, 0.25) is 0 Å². The largest absolute Gasteiger partial charge is 0.388 e. The molecule has 0 aliphatic carbocycles. The van der Waals surface area contributed by atoms with E-state index < -0.39 is 54.0 Å². The van der Waals surface area contributed by atoms with Gasteiger partial charge in [-0.05, 0) is 46.6 Å². The number of ether oxygens (including phenoxy) is 2. The number of nitrogens with zero attached hydrogens (tertiary/aromatic N) is 6. The molecule has 3 aromatic heterocycles. The van der Waals surface area contributed by atoms with E-state index in [0.717, 1.165) is 12.1 Å². The van der Waals surface area contributed by atoms with Gasteiger partial charge >= 0.3 is 0 Å². The smallest absolute Gasteiger partial charge is 0.194 e. The second kappa shape index (κ2) is 9.54. The Morgan fingerprint density at radius 2 is 1.79 bits per heavy atom. The molecule has 5 heterocycles. The fourth-order valence-electron chi connectivity index (χ4n) is 4.92. The Balaban J connectivity index is 1.40. The van der Waals surface area contributed by atoms with Crippen LogP contribution in [0.2, 0.25) is 0 Å². The van der Waals surface area contributed by atoms with Crippen molar-refractivity contribution in [3.63, 3.8) is 0 Å². The van der Waals surface area contributed by atoms with Gasteiger partial charge in [0.25, 0.3) is 0 Å². The Labute approximate surface area is 221 Å². The third kappa shape index (κ3) is 4.22. The molecule has 4 aromatic rings. The first kappa shape index (κ1) is 25.1. The van der Waals surface area contributed by atoms with Gasteiger partial charge in [0.1, 0.15) is 42.4 Å². The zero-order chi connectivity index (χ0) is 26.7. The van der Waals surface area contributed by atoms with E-state index in [1.807, 2.05) is 0 Å². The lowest BCUT2D eigenvalue weighted by molar-refractivity contribution is -0.196. The van der Waals surface area contributed by atoms with E-state index in [1.165, 1.54) is 21.8 Å². The molecule has 2 aliphatic heterocycles. The van der Waals surface area contributed by atoms with Crippen LogP contribution in [-0.2, 0) is 9.47 Å². The number of fused-ring (bicyclic) bond motifs is 1. The molecule has 0 amide bonds. The molecule has 6 atom stereocenters. The quantitative estimate of drug-likeness (QED) is 0.347. The van der Waals surface area contributed by atoms with Gasteiger partial charge in [0, 0.05) is 22.4 Å². The summed E-state index contributed by atoms with van der Waals surface area (Å²) in [5.74, 6) is -3.55. The first-order valence-corrected chi connectivity index (χ1v) is 12.4. The molecule has 4 unspecified atom stereocenters. The summed E-state index contributed by atoms with van der Waals surface area (Å²) >= 11 is 3.38. The minimum atomic E-state index is -1.57. The third-order valence-electron chi connectivity index (χ3n) is 6.61. The molecule has 2 N–H and O–H groups in total. The van der Waals surface area contributed by atoms with E-state index in [2.05, 4.69) is 36.1 Å². The zero-order valence-corrected chi connectivity index (χ0v) is 21.2. The molecular weight excluding hydrogens is 573 g/mol. The minimum absolute atomic E-state index is 0.0327. The lowest BCUT2D eigenvalue weighted by Gasteiger charge is -2.41. The summed E-state index contributed by atoms with van der Waals surface area (Å²) in [5.41, 5.74) is 0.911. The molecular formula is C24H20BrF3N6O4. The number of aliphatic hydroxyl groups excluding tert-OH is 2. The summed E-state index contributed by atoms with van der Waals surface area (Å²) in [5, 5.41) is 30.9. The fourth-order valence-corrected chi connectivity index (χ4v) is 5.27. The maximum atomic E-state index is 13.8. The van der Waals surface area contributed by atoms with Crippen molar-refractivity contribution >= 4 is 15.9 Å². The second-order valence-electron chi connectivity index (χ2n) is 9.12. The van der Waals surface area contributed by atoms with Crippen LogP contribution in [0.15, 0.2) is 47.5 Å². The fraction of sp³-hybridized carbons (Fsp3) is 0.333. The number of hydrogen-bond donors (Lipinski definition) is 2.